The predicted molar refractivity (Wildman–Crippen MR) is 220 cm³/mol. The first kappa shape index (κ1) is 37.1. The fourth-order valence-electron chi connectivity index (χ4n) is 8.70. The molecule has 1 fully saturated rings. The fraction of sp³-hybridized carbons (Fsp3) is 0.333. The minimum Gasteiger partial charge on any atom is -0.508 e. The lowest BCUT2D eigenvalue weighted by Gasteiger charge is -2.41. The Labute approximate surface area is 337 Å². The second kappa shape index (κ2) is 15.5. The number of phenols is 1. The largest absolute Gasteiger partial charge is 0.508 e. The molecule has 294 valence electrons. The number of anilines is 3. The number of carbonyl (C=O) groups excluding carboxylic acids is 2. The van der Waals surface area contributed by atoms with Gasteiger partial charge in [-0.05, 0) is 110 Å². The molecular weight excluding hydrogens is 742 g/mol. The number of halogens is 1. The summed E-state index contributed by atoms with van der Waals surface area (Å²) in [6.45, 7) is 4.81. The molecule has 12 heteroatoms. The summed E-state index contributed by atoms with van der Waals surface area (Å²) in [4.78, 5) is 38.4. The van der Waals surface area contributed by atoms with E-state index in [2.05, 4.69) is 15.5 Å². The van der Waals surface area contributed by atoms with Crippen LogP contribution in [0.3, 0.4) is 0 Å². The lowest BCUT2D eigenvalue weighted by molar-refractivity contribution is 0.0193. The van der Waals surface area contributed by atoms with Gasteiger partial charge >= 0.3 is 0 Å². The number of aromatic hydroxyl groups is 1. The van der Waals surface area contributed by atoms with Crippen molar-refractivity contribution in [1.82, 2.24) is 14.4 Å². The monoisotopic (exact) mass is 787 g/mol. The predicted octanol–water partition coefficient (Wildman–Crippen LogP) is 7.52. The Morgan fingerprint density at radius 3 is 2.28 bits per heavy atom. The van der Waals surface area contributed by atoms with Crippen LogP contribution in [-0.4, -0.2) is 91.1 Å². The number of morpholine rings is 1. The lowest BCUT2D eigenvalue weighted by Crippen LogP contribution is -2.52. The van der Waals surface area contributed by atoms with E-state index < -0.39 is 0 Å². The molecule has 1 saturated heterocycles. The molecule has 0 saturated carbocycles. The van der Waals surface area contributed by atoms with Crippen LogP contribution in [0.4, 0.5) is 17.1 Å². The number of nitrogens with zero attached hydrogens (tertiary/aromatic N) is 5. The van der Waals surface area contributed by atoms with Crippen molar-refractivity contribution in [2.24, 2.45) is 0 Å². The van der Waals surface area contributed by atoms with Crippen molar-refractivity contribution in [3.05, 3.63) is 118 Å². The van der Waals surface area contributed by atoms with Crippen molar-refractivity contribution in [2.45, 2.75) is 44.8 Å². The Bertz CT molecular complexity index is 2320. The first-order valence-electron chi connectivity index (χ1n) is 19.7. The highest BCUT2D eigenvalue weighted by Gasteiger charge is 2.37. The Morgan fingerprint density at radius 1 is 0.842 bits per heavy atom. The maximum Gasteiger partial charge on any atom is 0.264 e. The molecule has 11 nitrogen and oxygen atoms in total. The van der Waals surface area contributed by atoms with E-state index in [1.165, 1.54) is 0 Å². The van der Waals surface area contributed by atoms with E-state index in [1.807, 2.05) is 78.5 Å². The number of carbonyl (C=O) groups is 2. The van der Waals surface area contributed by atoms with Crippen LogP contribution < -0.4 is 19.3 Å². The van der Waals surface area contributed by atoms with E-state index in [4.69, 9.17) is 25.8 Å². The first-order chi connectivity index (χ1) is 27.7. The van der Waals surface area contributed by atoms with Crippen LogP contribution in [0.15, 0.2) is 84.9 Å². The van der Waals surface area contributed by atoms with E-state index in [1.54, 1.807) is 29.2 Å². The van der Waals surface area contributed by atoms with Crippen LogP contribution in [0.25, 0.3) is 11.3 Å². The summed E-state index contributed by atoms with van der Waals surface area (Å²) in [7, 11) is 3.96. The van der Waals surface area contributed by atoms with Gasteiger partial charge in [-0.1, -0.05) is 23.7 Å². The molecule has 0 spiro atoms. The average molecular weight is 788 g/mol. The highest BCUT2D eigenvalue weighted by atomic mass is 35.5. The highest BCUT2D eigenvalue weighted by Crippen LogP contribution is 2.43. The summed E-state index contributed by atoms with van der Waals surface area (Å²) in [5.41, 5.74) is 7.93. The van der Waals surface area contributed by atoms with Crippen molar-refractivity contribution in [2.75, 3.05) is 63.5 Å². The summed E-state index contributed by atoms with van der Waals surface area (Å²) in [6, 6.07) is 26.0. The quantitative estimate of drug-likeness (QED) is 0.173. The molecule has 1 atom stereocenters. The molecule has 0 bridgehead atoms. The first-order valence-corrected chi connectivity index (χ1v) is 20.1. The number of amides is 2. The molecular formula is C45H46ClN5O6. The van der Waals surface area contributed by atoms with Gasteiger partial charge in [-0.25, -0.2) is 0 Å². The van der Waals surface area contributed by atoms with E-state index >= 15 is 9.59 Å². The highest BCUT2D eigenvalue weighted by molar-refractivity contribution is 6.31. The van der Waals surface area contributed by atoms with Crippen molar-refractivity contribution in [1.29, 1.82) is 0 Å². The Kier molecular flexibility index (Phi) is 10.1. The molecule has 5 heterocycles. The Hall–Kier alpha value is -5.49. The van der Waals surface area contributed by atoms with Crippen molar-refractivity contribution < 1.29 is 28.9 Å². The number of benzene rings is 4. The maximum absolute atomic E-state index is 15.3. The van der Waals surface area contributed by atoms with Gasteiger partial charge in [0.1, 0.15) is 5.75 Å². The zero-order valence-corrected chi connectivity index (χ0v) is 33.0. The number of phenolic OH excluding ortho intramolecular Hbond substituents is 1. The summed E-state index contributed by atoms with van der Waals surface area (Å²) in [5.74, 6) is 0.893. The third-order valence-electron chi connectivity index (χ3n) is 11.7. The van der Waals surface area contributed by atoms with Gasteiger partial charge in [0, 0.05) is 91.9 Å². The Balaban J connectivity index is 1.15. The average Bonchev–Trinajstić information content (AvgIpc) is 3.86. The molecule has 5 aromatic rings. The SMILES string of the molecule is CN(C)c1ccc(N(C(=O)c2cc(-c3cc4c(cc3C(=O)N3Cc5cccc(Cl)c5C[C@H]3CN3CCOCC3)OCO4)n3c2CCCC3)c2ccc(O)cc2)cc1. The molecule has 2 amide bonds. The van der Waals surface area contributed by atoms with Crippen LogP contribution in [0, 0.1) is 0 Å². The van der Waals surface area contributed by atoms with Gasteiger partial charge in [-0.2, -0.15) is 0 Å². The Morgan fingerprint density at radius 2 is 1.54 bits per heavy atom. The minimum atomic E-state index is -0.195. The van der Waals surface area contributed by atoms with E-state index in [9.17, 15) is 5.11 Å². The fourth-order valence-corrected chi connectivity index (χ4v) is 8.97. The van der Waals surface area contributed by atoms with Gasteiger partial charge in [0.25, 0.3) is 11.8 Å². The van der Waals surface area contributed by atoms with Gasteiger partial charge in [-0.15, -0.1) is 0 Å². The normalized spacial score (nSPS) is 17.5. The maximum atomic E-state index is 15.3. The number of ether oxygens (including phenoxy) is 3. The van der Waals surface area contributed by atoms with E-state index in [0.29, 0.717) is 85.3 Å². The summed E-state index contributed by atoms with van der Waals surface area (Å²) in [6.07, 6.45) is 3.23. The van der Waals surface area contributed by atoms with Gasteiger partial charge < -0.3 is 33.7 Å². The van der Waals surface area contributed by atoms with Gasteiger partial charge in [-0.3, -0.25) is 19.4 Å². The van der Waals surface area contributed by atoms with Gasteiger partial charge in [0.05, 0.1) is 24.3 Å². The smallest absolute Gasteiger partial charge is 0.264 e. The zero-order chi connectivity index (χ0) is 39.2. The standard InChI is InChI=1S/C45H46ClN5O6/c1-47(2)30-9-11-31(12-10-30)51(32-13-15-34(52)16-14-32)45(54)38-23-41(49-17-4-3-8-40(38)49)36-24-42-43(57-28-56-42)25-37(36)44(53)50-26-29-6-5-7-39(46)35(29)22-33(50)27-48-18-20-55-21-19-48/h5-7,9-16,23-25,33,52H,3-4,8,17-22,26-28H2,1-2H3/t33-/m0/s1. The van der Waals surface area contributed by atoms with E-state index in [-0.39, 0.29) is 30.4 Å². The molecule has 57 heavy (non-hydrogen) atoms. The van der Waals surface area contributed by atoms with Gasteiger partial charge in [0.2, 0.25) is 6.79 Å². The van der Waals surface area contributed by atoms with Gasteiger partial charge in [0.15, 0.2) is 11.5 Å². The molecule has 0 unspecified atom stereocenters. The van der Waals surface area contributed by atoms with Crippen LogP contribution in [0.1, 0.15) is 50.4 Å². The molecule has 1 N–H and O–H groups in total. The molecule has 4 aromatic carbocycles. The molecule has 4 aliphatic rings. The number of aromatic nitrogens is 1. The molecule has 4 aliphatic heterocycles. The van der Waals surface area contributed by atoms with Crippen molar-refractivity contribution in [3.8, 4) is 28.5 Å². The number of hydrogen-bond donors (Lipinski definition) is 1. The molecule has 1 aromatic heterocycles. The second-order valence-electron chi connectivity index (χ2n) is 15.4. The van der Waals surface area contributed by atoms with Crippen molar-refractivity contribution >= 4 is 40.5 Å². The van der Waals surface area contributed by atoms with Crippen molar-refractivity contribution in [3.63, 3.8) is 0 Å². The number of rotatable bonds is 8. The molecule has 0 radical (unpaired) electrons. The summed E-state index contributed by atoms with van der Waals surface area (Å²) < 4.78 is 19.7. The lowest BCUT2D eigenvalue weighted by atomic mass is 9.91. The minimum absolute atomic E-state index is 0.0614. The zero-order valence-electron chi connectivity index (χ0n) is 32.2. The topological polar surface area (TPSA) is 100.0 Å². The summed E-state index contributed by atoms with van der Waals surface area (Å²) in [5, 5.41) is 10.9. The third-order valence-corrected chi connectivity index (χ3v) is 12.1. The third kappa shape index (κ3) is 7.09. The van der Waals surface area contributed by atoms with E-state index in [0.717, 1.165) is 59.2 Å². The van der Waals surface area contributed by atoms with Crippen LogP contribution >= 0.6 is 11.6 Å². The number of fused-ring (bicyclic) bond motifs is 3. The second-order valence-corrected chi connectivity index (χ2v) is 15.8. The van der Waals surface area contributed by atoms with Crippen LogP contribution in [0.5, 0.6) is 17.2 Å². The van der Waals surface area contributed by atoms with Crippen LogP contribution in [-0.2, 0) is 30.7 Å². The molecule has 0 aliphatic carbocycles. The summed E-state index contributed by atoms with van der Waals surface area (Å²) >= 11 is 6.77. The number of hydrogen-bond acceptors (Lipinski definition) is 8. The van der Waals surface area contributed by atoms with Crippen LogP contribution in [0.2, 0.25) is 5.02 Å². The molecule has 9 rings (SSSR count).